The fourth-order valence-corrected chi connectivity index (χ4v) is 6.13. The van der Waals surface area contributed by atoms with Crippen molar-refractivity contribution in [2.24, 2.45) is 0 Å². The number of imidazole rings is 1. The van der Waals surface area contributed by atoms with Gasteiger partial charge in [0.25, 0.3) is 0 Å². The molecule has 0 spiro atoms. The Labute approximate surface area is 222 Å². The molecule has 9 rings (SSSR count). The van der Waals surface area contributed by atoms with Crippen LogP contribution in [0.15, 0.2) is 132 Å². The summed E-state index contributed by atoms with van der Waals surface area (Å²) < 4.78 is 10.9. The van der Waals surface area contributed by atoms with E-state index in [0.717, 1.165) is 61.0 Å². The first-order valence-corrected chi connectivity index (χ1v) is 13.1. The van der Waals surface area contributed by atoms with Crippen molar-refractivity contribution in [3.05, 3.63) is 127 Å². The molecule has 182 valence electrons. The zero-order valence-electron chi connectivity index (χ0n) is 20.9. The molecule has 0 aliphatic carbocycles. The monoisotopic (exact) mass is 499 g/mol. The number of para-hydroxylation sites is 4. The third kappa shape index (κ3) is 2.85. The predicted molar refractivity (Wildman–Crippen MR) is 160 cm³/mol. The predicted octanol–water partition coefficient (Wildman–Crippen LogP) is 9.18. The zero-order chi connectivity index (χ0) is 25.5. The van der Waals surface area contributed by atoms with E-state index in [1.165, 1.54) is 16.2 Å². The van der Waals surface area contributed by atoms with Gasteiger partial charge in [0.05, 0.1) is 22.1 Å². The van der Waals surface area contributed by atoms with Crippen molar-refractivity contribution < 1.29 is 4.42 Å². The second-order valence-electron chi connectivity index (χ2n) is 10.1. The van der Waals surface area contributed by atoms with E-state index in [9.17, 15) is 0 Å². The minimum atomic E-state index is 0.866. The van der Waals surface area contributed by atoms with Gasteiger partial charge in [0.1, 0.15) is 11.2 Å². The lowest BCUT2D eigenvalue weighted by Gasteiger charge is -2.12. The summed E-state index contributed by atoms with van der Waals surface area (Å²) in [5.41, 5.74) is 7.13. The minimum Gasteiger partial charge on any atom is -0.456 e. The van der Waals surface area contributed by atoms with E-state index in [-0.39, 0.29) is 0 Å². The Morgan fingerprint density at radius 2 is 1.15 bits per heavy atom. The Morgan fingerprint density at radius 1 is 0.462 bits per heavy atom. The van der Waals surface area contributed by atoms with Gasteiger partial charge in [0.15, 0.2) is 0 Å². The second kappa shape index (κ2) is 7.59. The molecule has 0 atom stereocenters. The Hall–Kier alpha value is -5.35. The maximum atomic E-state index is 6.32. The lowest BCUT2D eigenvalue weighted by molar-refractivity contribution is 0.669. The van der Waals surface area contributed by atoms with E-state index >= 15 is 0 Å². The van der Waals surface area contributed by atoms with Crippen LogP contribution < -0.4 is 0 Å². The van der Waals surface area contributed by atoms with Crippen LogP contribution in [0.1, 0.15) is 0 Å². The van der Waals surface area contributed by atoms with Crippen molar-refractivity contribution in [1.29, 1.82) is 0 Å². The standard InChI is InChI=1S/C35H21N3O/c1-2-12-24(13-3-1)37-30-16-8-7-15-29(30)36-35(37)38-31-19-23-11-5-4-10-22(23)18-26(31)27-21-34-28(20-32(27)38)25-14-6-9-17-33(25)39-34/h1-21H. The molecule has 0 radical (unpaired) electrons. The van der Waals surface area contributed by atoms with Crippen molar-refractivity contribution in [2.45, 2.75) is 0 Å². The molecule has 39 heavy (non-hydrogen) atoms. The van der Waals surface area contributed by atoms with Crippen molar-refractivity contribution in [1.82, 2.24) is 14.1 Å². The normalized spacial score (nSPS) is 12.1. The van der Waals surface area contributed by atoms with Crippen molar-refractivity contribution in [3.63, 3.8) is 0 Å². The summed E-state index contributed by atoms with van der Waals surface area (Å²) in [5.74, 6) is 0.866. The van der Waals surface area contributed by atoms with E-state index in [4.69, 9.17) is 9.40 Å². The zero-order valence-corrected chi connectivity index (χ0v) is 20.9. The molecular weight excluding hydrogens is 478 g/mol. The number of nitrogens with zero attached hydrogens (tertiary/aromatic N) is 3. The fourth-order valence-electron chi connectivity index (χ4n) is 6.13. The molecule has 0 unspecified atom stereocenters. The van der Waals surface area contributed by atoms with Crippen LogP contribution in [-0.2, 0) is 0 Å². The van der Waals surface area contributed by atoms with Crippen LogP contribution in [0, 0.1) is 0 Å². The maximum Gasteiger partial charge on any atom is 0.220 e. The second-order valence-corrected chi connectivity index (χ2v) is 10.1. The molecule has 9 aromatic rings. The lowest BCUT2D eigenvalue weighted by atomic mass is 10.1. The van der Waals surface area contributed by atoms with Crippen LogP contribution in [0.4, 0.5) is 0 Å². The molecule has 3 heterocycles. The SMILES string of the molecule is c1ccc(-n2c(-n3c4cc5ccccc5cc4c4cc5oc6ccccc6c5cc43)nc3ccccc32)cc1. The summed E-state index contributed by atoms with van der Waals surface area (Å²) in [6.45, 7) is 0. The summed E-state index contributed by atoms with van der Waals surface area (Å²) in [5, 5.41) is 6.96. The number of hydrogen-bond donors (Lipinski definition) is 0. The molecular formula is C35H21N3O. The highest BCUT2D eigenvalue weighted by Gasteiger charge is 2.22. The first-order chi connectivity index (χ1) is 19.3. The molecule has 4 heteroatoms. The summed E-state index contributed by atoms with van der Waals surface area (Å²) in [6, 6.07) is 44.7. The van der Waals surface area contributed by atoms with Crippen LogP contribution in [0.2, 0.25) is 0 Å². The van der Waals surface area contributed by atoms with E-state index in [2.05, 4.69) is 124 Å². The van der Waals surface area contributed by atoms with Crippen LogP contribution in [0.5, 0.6) is 0 Å². The van der Waals surface area contributed by atoms with Gasteiger partial charge >= 0.3 is 0 Å². The molecule has 0 aliphatic rings. The van der Waals surface area contributed by atoms with Gasteiger partial charge in [0.2, 0.25) is 5.95 Å². The largest absolute Gasteiger partial charge is 0.456 e. The van der Waals surface area contributed by atoms with Crippen LogP contribution in [-0.4, -0.2) is 14.1 Å². The van der Waals surface area contributed by atoms with Gasteiger partial charge in [-0.1, -0.05) is 72.8 Å². The molecule has 0 saturated carbocycles. The summed E-state index contributed by atoms with van der Waals surface area (Å²) >= 11 is 0. The Kier molecular flexibility index (Phi) is 4.02. The van der Waals surface area contributed by atoms with Gasteiger partial charge in [-0.3, -0.25) is 9.13 Å². The molecule has 4 nitrogen and oxygen atoms in total. The minimum absolute atomic E-state index is 0.866. The van der Waals surface area contributed by atoms with Crippen LogP contribution >= 0.6 is 0 Å². The molecule has 0 bridgehead atoms. The van der Waals surface area contributed by atoms with Crippen molar-refractivity contribution in [2.75, 3.05) is 0 Å². The van der Waals surface area contributed by atoms with Gasteiger partial charge in [-0.25, -0.2) is 4.98 Å². The third-order valence-corrected chi connectivity index (χ3v) is 7.89. The molecule has 0 aliphatic heterocycles. The molecule has 0 N–H and O–H groups in total. The first-order valence-electron chi connectivity index (χ1n) is 13.1. The third-order valence-electron chi connectivity index (χ3n) is 7.89. The average molecular weight is 500 g/mol. The maximum absolute atomic E-state index is 6.32. The molecule has 3 aromatic heterocycles. The number of aromatic nitrogens is 3. The van der Waals surface area contributed by atoms with Gasteiger partial charge in [0, 0.05) is 27.2 Å². The Bertz CT molecular complexity index is 2390. The highest BCUT2D eigenvalue weighted by atomic mass is 16.3. The topological polar surface area (TPSA) is 35.9 Å². The molecule has 6 aromatic carbocycles. The van der Waals surface area contributed by atoms with Crippen molar-refractivity contribution in [3.8, 4) is 11.6 Å². The lowest BCUT2D eigenvalue weighted by Crippen LogP contribution is -2.05. The average Bonchev–Trinajstić information content (AvgIpc) is 3.64. The van der Waals surface area contributed by atoms with Gasteiger partial charge < -0.3 is 4.42 Å². The van der Waals surface area contributed by atoms with Crippen LogP contribution in [0.3, 0.4) is 0 Å². The highest BCUT2D eigenvalue weighted by Crippen LogP contribution is 2.40. The van der Waals surface area contributed by atoms with E-state index in [1.54, 1.807) is 0 Å². The summed E-state index contributed by atoms with van der Waals surface area (Å²) in [7, 11) is 0. The number of furan rings is 1. The number of rotatable bonds is 2. The fraction of sp³-hybridized carbons (Fsp3) is 0. The van der Waals surface area contributed by atoms with Gasteiger partial charge in [-0.05, 0) is 65.4 Å². The molecule has 0 saturated heterocycles. The van der Waals surface area contributed by atoms with E-state index in [0.29, 0.717) is 0 Å². The van der Waals surface area contributed by atoms with Crippen LogP contribution in [0.25, 0.3) is 77.2 Å². The van der Waals surface area contributed by atoms with E-state index in [1.807, 2.05) is 12.1 Å². The quantitative estimate of drug-likeness (QED) is 0.238. The van der Waals surface area contributed by atoms with Gasteiger partial charge in [-0.2, -0.15) is 0 Å². The van der Waals surface area contributed by atoms with E-state index < -0.39 is 0 Å². The first kappa shape index (κ1) is 20.7. The Balaban J connectivity index is 1.51. The summed E-state index contributed by atoms with van der Waals surface area (Å²) in [6.07, 6.45) is 0. The summed E-state index contributed by atoms with van der Waals surface area (Å²) in [4.78, 5) is 5.24. The van der Waals surface area contributed by atoms with Gasteiger partial charge in [-0.15, -0.1) is 0 Å². The molecule has 0 amide bonds. The van der Waals surface area contributed by atoms with Crippen molar-refractivity contribution >= 4 is 65.6 Å². The number of hydrogen-bond acceptors (Lipinski definition) is 2. The highest BCUT2D eigenvalue weighted by molar-refractivity contribution is 6.19. The number of benzene rings is 6. The number of fused-ring (bicyclic) bond motifs is 8. The molecule has 0 fully saturated rings. The Morgan fingerprint density at radius 3 is 2.05 bits per heavy atom. The smallest absolute Gasteiger partial charge is 0.220 e.